The lowest BCUT2D eigenvalue weighted by molar-refractivity contribution is 0.997. The first-order valence-electron chi connectivity index (χ1n) is 24.8. The molecule has 0 fully saturated rings. The van der Waals surface area contributed by atoms with Crippen LogP contribution in [0.5, 0.6) is 0 Å². The smallest absolute Gasteiger partial charge is 0.0463 e. The van der Waals surface area contributed by atoms with Crippen LogP contribution in [-0.4, -0.2) is 0 Å². The first-order valence-corrected chi connectivity index (χ1v) is 24.8. The average Bonchev–Trinajstić information content (AvgIpc) is 3.45. The van der Waals surface area contributed by atoms with E-state index in [1.165, 1.54) is 11.4 Å². The van der Waals surface area contributed by atoms with Crippen LogP contribution in [-0.2, 0) is 0 Å². The molecule has 8 aromatic rings. The maximum atomic E-state index is 2.34. The third-order valence-electron chi connectivity index (χ3n) is 12.2. The lowest BCUT2D eigenvalue weighted by Crippen LogP contribution is -2.16. The van der Waals surface area contributed by atoms with Gasteiger partial charge in [0.2, 0.25) is 0 Å². The van der Waals surface area contributed by atoms with Crippen molar-refractivity contribution in [3.8, 4) is 11.1 Å². The van der Waals surface area contributed by atoms with Crippen molar-refractivity contribution in [1.29, 1.82) is 0 Å². The van der Waals surface area contributed by atoms with Crippen molar-refractivity contribution in [2.45, 2.75) is 53.4 Å². The minimum Gasteiger partial charge on any atom is -0.311 e. The lowest BCUT2D eigenvalue weighted by atomic mass is 10.0. The van der Waals surface area contributed by atoms with Crippen molar-refractivity contribution < 1.29 is 0 Å². The number of hydrogen-bond acceptors (Lipinski definition) is 4. The van der Waals surface area contributed by atoms with Gasteiger partial charge in [-0.1, -0.05) is 147 Å². The summed E-state index contributed by atoms with van der Waals surface area (Å²) in [6, 6.07) is 78.2. The van der Waals surface area contributed by atoms with Gasteiger partial charge in [-0.2, -0.15) is 0 Å². The molecule has 0 heterocycles. The lowest BCUT2D eigenvalue weighted by Gasteiger charge is -2.29. The SMILES string of the molecule is C/C=C\C.C1=CC(N(c2ccccc2)c2ccc(N(c3ccccc3)c3ccc(-c4ccc(N(c5ccccc5)c5ccc(N(C6=CCCC=C6)c6ccccc6)cc5)cc4)cc3)cc2)=CCC1.CC. The predicted molar refractivity (Wildman–Crippen MR) is 303 cm³/mol. The molecule has 0 unspecified atom stereocenters. The van der Waals surface area contributed by atoms with Crippen LogP contribution in [0, 0.1) is 0 Å². The van der Waals surface area contributed by atoms with Gasteiger partial charge >= 0.3 is 0 Å². The highest BCUT2D eigenvalue weighted by Gasteiger charge is 2.19. The van der Waals surface area contributed by atoms with Crippen LogP contribution >= 0.6 is 0 Å². The quantitative estimate of drug-likeness (QED) is 0.107. The number of para-hydroxylation sites is 4. The molecule has 2 aliphatic rings. The minimum atomic E-state index is 1.04. The van der Waals surface area contributed by atoms with E-state index >= 15 is 0 Å². The molecule has 70 heavy (non-hydrogen) atoms. The summed E-state index contributed by atoms with van der Waals surface area (Å²) in [4.78, 5) is 9.34. The molecule has 8 aromatic carbocycles. The minimum absolute atomic E-state index is 1.04. The monoisotopic (exact) mass is 913 g/mol. The fourth-order valence-electron chi connectivity index (χ4n) is 8.74. The van der Waals surface area contributed by atoms with Crippen LogP contribution in [0.1, 0.15) is 53.4 Å². The molecule has 0 N–H and O–H groups in total. The zero-order valence-electron chi connectivity index (χ0n) is 41.0. The second kappa shape index (κ2) is 24.6. The largest absolute Gasteiger partial charge is 0.311 e. The molecule has 0 bridgehead atoms. The number of allylic oxidation sites excluding steroid dienone is 8. The number of nitrogens with zero attached hydrogens (tertiary/aromatic N) is 4. The van der Waals surface area contributed by atoms with Crippen LogP contribution < -0.4 is 19.6 Å². The summed E-state index contributed by atoms with van der Waals surface area (Å²) in [7, 11) is 0. The number of benzene rings is 8. The Hall–Kier alpha value is -8.34. The van der Waals surface area contributed by atoms with Gasteiger partial charge in [-0.3, -0.25) is 0 Å². The topological polar surface area (TPSA) is 13.0 Å². The van der Waals surface area contributed by atoms with E-state index < -0.39 is 0 Å². The number of rotatable bonds is 13. The molecule has 0 atom stereocenters. The van der Waals surface area contributed by atoms with Crippen LogP contribution in [0.3, 0.4) is 0 Å². The molecule has 0 saturated heterocycles. The molecule has 348 valence electrons. The highest BCUT2D eigenvalue weighted by Crippen LogP contribution is 2.41. The third kappa shape index (κ3) is 11.7. The van der Waals surface area contributed by atoms with Gasteiger partial charge in [0.1, 0.15) is 0 Å². The van der Waals surface area contributed by atoms with E-state index in [0.717, 1.165) is 93.7 Å². The van der Waals surface area contributed by atoms with Crippen molar-refractivity contribution in [1.82, 2.24) is 0 Å². The summed E-state index contributed by atoms with van der Waals surface area (Å²) in [5, 5.41) is 0. The molecule has 0 spiro atoms. The second-order valence-corrected chi connectivity index (χ2v) is 16.7. The van der Waals surface area contributed by atoms with Crippen molar-refractivity contribution in [3.05, 3.63) is 278 Å². The predicted octanol–water partition coefficient (Wildman–Crippen LogP) is 19.6. The van der Waals surface area contributed by atoms with E-state index in [1.807, 2.05) is 39.8 Å². The Balaban J connectivity index is 0.00000105. The Bertz CT molecular complexity index is 2760. The summed E-state index contributed by atoms with van der Waals surface area (Å²) in [5.74, 6) is 0. The number of hydrogen-bond donors (Lipinski definition) is 0. The van der Waals surface area contributed by atoms with Gasteiger partial charge in [-0.15, -0.1) is 0 Å². The van der Waals surface area contributed by atoms with Crippen molar-refractivity contribution in [2.75, 3.05) is 19.6 Å². The molecule has 4 heteroatoms. The van der Waals surface area contributed by atoms with Crippen LogP contribution in [0.15, 0.2) is 278 Å². The van der Waals surface area contributed by atoms with Crippen molar-refractivity contribution in [2.24, 2.45) is 0 Å². The standard InChI is InChI=1S/C60H50N4.C4H8.C2H6/c1-7-19-49(20-8-1)61(50-21-9-2-10-22-50)57-39-43-59(44-40-57)63(53-27-15-5-16-28-53)55-35-31-47(32-36-55)48-33-37-56(38-34-48)64(54-29-17-6-18-30-54)60-45-41-58(42-46-60)62(51-23-11-3-12-24-51)52-25-13-4-14-26-52;1-3-4-2;1-2/h1,3,5-9,11-13,15-46H,2,4,10,14H2;3-4H,1-2H3;1-2H3/b;4-3-;. The van der Waals surface area contributed by atoms with E-state index in [-0.39, 0.29) is 0 Å². The Morgan fingerprint density at radius 1 is 0.271 bits per heavy atom. The molecule has 10 rings (SSSR count). The van der Waals surface area contributed by atoms with E-state index in [1.54, 1.807) is 0 Å². The van der Waals surface area contributed by atoms with Crippen LogP contribution in [0.2, 0.25) is 0 Å². The molecule has 4 nitrogen and oxygen atoms in total. The van der Waals surface area contributed by atoms with Gasteiger partial charge in [-0.05, 0) is 184 Å². The summed E-state index contributed by atoms with van der Waals surface area (Å²) < 4.78 is 0. The van der Waals surface area contributed by atoms with Crippen molar-refractivity contribution >= 4 is 56.9 Å². The van der Waals surface area contributed by atoms with E-state index in [4.69, 9.17) is 0 Å². The van der Waals surface area contributed by atoms with Gasteiger partial charge in [0.15, 0.2) is 0 Å². The fourth-order valence-corrected chi connectivity index (χ4v) is 8.74. The molecule has 0 radical (unpaired) electrons. The molecule has 0 amide bonds. The zero-order valence-corrected chi connectivity index (χ0v) is 41.0. The van der Waals surface area contributed by atoms with Crippen LogP contribution in [0.4, 0.5) is 56.9 Å². The summed E-state index contributed by atoms with van der Waals surface area (Å²) >= 11 is 0. The molecular formula is C66H64N4. The Labute approximate surface area is 417 Å². The van der Waals surface area contributed by atoms with Gasteiger partial charge in [0, 0.05) is 68.3 Å². The maximum absolute atomic E-state index is 2.34. The Morgan fingerprint density at radius 3 is 0.743 bits per heavy atom. The summed E-state index contributed by atoms with van der Waals surface area (Å²) in [5.41, 5.74) is 15.9. The molecule has 0 saturated carbocycles. The van der Waals surface area contributed by atoms with E-state index in [9.17, 15) is 0 Å². The maximum Gasteiger partial charge on any atom is 0.0463 e. The summed E-state index contributed by atoms with van der Waals surface area (Å²) in [6.07, 6.45) is 21.9. The zero-order chi connectivity index (χ0) is 48.3. The van der Waals surface area contributed by atoms with Gasteiger partial charge < -0.3 is 19.6 Å². The first-order chi connectivity index (χ1) is 34.7. The van der Waals surface area contributed by atoms with Crippen LogP contribution in [0.25, 0.3) is 11.1 Å². The van der Waals surface area contributed by atoms with E-state index in [2.05, 4.69) is 274 Å². The highest BCUT2D eigenvalue weighted by atomic mass is 15.2. The molecule has 0 aliphatic heterocycles. The average molecular weight is 913 g/mol. The molecule has 2 aliphatic carbocycles. The van der Waals surface area contributed by atoms with Gasteiger partial charge in [0.05, 0.1) is 0 Å². The van der Waals surface area contributed by atoms with Crippen molar-refractivity contribution in [3.63, 3.8) is 0 Å². The second-order valence-electron chi connectivity index (χ2n) is 16.7. The normalized spacial score (nSPS) is 12.6. The summed E-state index contributed by atoms with van der Waals surface area (Å²) in [6.45, 7) is 8.00. The third-order valence-corrected chi connectivity index (χ3v) is 12.2. The van der Waals surface area contributed by atoms with E-state index in [0.29, 0.717) is 0 Å². The molecular weight excluding hydrogens is 849 g/mol. The first kappa shape index (κ1) is 48.1. The Morgan fingerprint density at radius 2 is 0.500 bits per heavy atom. The fraction of sp³-hybridized carbons (Fsp3) is 0.121. The Kier molecular flexibility index (Phi) is 16.9. The van der Waals surface area contributed by atoms with Gasteiger partial charge in [-0.25, -0.2) is 0 Å². The molecule has 0 aromatic heterocycles. The van der Waals surface area contributed by atoms with Gasteiger partial charge in [0.25, 0.3) is 0 Å². The number of anilines is 10. The highest BCUT2D eigenvalue weighted by molar-refractivity contribution is 5.83.